The molecule has 0 saturated heterocycles. The average Bonchev–Trinajstić information content (AvgIpc) is 2.77. The highest BCUT2D eigenvalue weighted by Crippen LogP contribution is 2.22. The number of aromatic nitrogens is 2. The zero-order chi connectivity index (χ0) is 13.8. The van der Waals surface area contributed by atoms with Crippen molar-refractivity contribution in [1.82, 2.24) is 9.55 Å². The molecule has 2 N–H and O–H groups in total. The fourth-order valence-electron chi connectivity index (χ4n) is 2.08. The summed E-state index contributed by atoms with van der Waals surface area (Å²) in [6, 6.07) is 4.56. The van der Waals surface area contributed by atoms with E-state index in [1.54, 1.807) is 12.3 Å². The van der Waals surface area contributed by atoms with Crippen molar-refractivity contribution in [2.75, 3.05) is 0 Å². The SMILES string of the molecule is CCCn1ccnc1CC(N)c1ccc(F)cc1I. The number of hydrogen-bond acceptors (Lipinski definition) is 2. The van der Waals surface area contributed by atoms with E-state index in [1.165, 1.54) is 12.1 Å². The lowest BCUT2D eigenvalue weighted by atomic mass is 10.0. The van der Waals surface area contributed by atoms with Crippen LogP contribution in [-0.4, -0.2) is 9.55 Å². The van der Waals surface area contributed by atoms with Crippen LogP contribution in [0.5, 0.6) is 0 Å². The molecule has 0 amide bonds. The number of aryl methyl sites for hydroxylation is 1. The molecule has 0 spiro atoms. The maximum atomic E-state index is 13.1. The molecule has 1 atom stereocenters. The summed E-state index contributed by atoms with van der Waals surface area (Å²) in [5.41, 5.74) is 7.19. The Morgan fingerprint density at radius 2 is 2.26 bits per heavy atom. The largest absolute Gasteiger partial charge is 0.335 e. The second-order valence-electron chi connectivity index (χ2n) is 4.51. The fourth-order valence-corrected chi connectivity index (χ4v) is 2.96. The van der Waals surface area contributed by atoms with Gasteiger partial charge in [-0.3, -0.25) is 0 Å². The number of imidazole rings is 1. The molecule has 0 aliphatic carbocycles. The van der Waals surface area contributed by atoms with Crippen LogP contribution in [0.2, 0.25) is 0 Å². The Labute approximate surface area is 126 Å². The third-order valence-corrected chi connectivity index (χ3v) is 3.96. The minimum Gasteiger partial charge on any atom is -0.335 e. The third kappa shape index (κ3) is 3.54. The zero-order valence-corrected chi connectivity index (χ0v) is 13.0. The normalized spacial score (nSPS) is 12.6. The standard InChI is InChI=1S/C14H17FIN3/c1-2-6-19-7-5-18-14(19)9-13(17)11-4-3-10(15)8-12(11)16/h3-5,7-8,13H,2,6,9,17H2,1H3. The third-order valence-electron chi connectivity index (χ3n) is 3.03. The van der Waals surface area contributed by atoms with Gasteiger partial charge in [0.2, 0.25) is 0 Å². The highest BCUT2D eigenvalue weighted by Gasteiger charge is 2.14. The van der Waals surface area contributed by atoms with E-state index in [-0.39, 0.29) is 11.9 Å². The molecule has 1 unspecified atom stereocenters. The summed E-state index contributed by atoms with van der Waals surface area (Å²) in [5.74, 6) is 0.752. The van der Waals surface area contributed by atoms with Crippen LogP contribution in [0.1, 0.15) is 30.8 Å². The van der Waals surface area contributed by atoms with Gasteiger partial charge in [-0.1, -0.05) is 13.0 Å². The van der Waals surface area contributed by atoms with Crippen molar-refractivity contribution in [3.8, 4) is 0 Å². The summed E-state index contributed by atoms with van der Waals surface area (Å²) in [4.78, 5) is 4.35. The van der Waals surface area contributed by atoms with Gasteiger partial charge in [0.1, 0.15) is 11.6 Å². The second kappa shape index (κ2) is 6.47. The zero-order valence-electron chi connectivity index (χ0n) is 10.8. The van der Waals surface area contributed by atoms with Crippen LogP contribution < -0.4 is 5.73 Å². The van der Waals surface area contributed by atoms with Gasteiger partial charge >= 0.3 is 0 Å². The Balaban J connectivity index is 2.16. The van der Waals surface area contributed by atoms with E-state index in [9.17, 15) is 4.39 Å². The monoisotopic (exact) mass is 373 g/mol. The number of rotatable bonds is 5. The van der Waals surface area contributed by atoms with Crippen LogP contribution in [-0.2, 0) is 13.0 Å². The van der Waals surface area contributed by atoms with Crippen LogP contribution in [0.25, 0.3) is 0 Å². The molecule has 0 fully saturated rings. The highest BCUT2D eigenvalue weighted by atomic mass is 127. The summed E-state index contributed by atoms with van der Waals surface area (Å²) >= 11 is 2.12. The summed E-state index contributed by atoms with van der Waals surface area (Å²) in [6.07, 6.45) is 5.50. The molecule has 0 bridgehead atoms. The molecule has 0 radical (unpaired) electrons. The predicted octanol–water partition coefficient (Wildman–Crippen LogP) is 3.28. The fraction of sp³-hybridized carbons (Fsp3) is 0.357. The average molecular weight is 373 g/mol. The number of hydrogen-bond donors (Lipinski definition) is 1. The van der Waals surface area contributed by atoms with Crippen molar-refractivity contribution in [3.63, 3.8) is 0 Å². The van der Waals surface area contributed by atoms with Crippen molar-refractivity contribution in [2.45, 2.75) is 32.4 Å². The Morgan fingerprint density at radius 1 is 1.47 bits per heavy atom. The second-order valence-corrected chi connectivity index (χ2v) is 5.68. The van der Waals surface area contributed by atoms with Crippen LogP contribution in [0, 0.1) is 9.39 Å². The Bertz CT molecular complexity index is 553. The molecule has 102 valence electrons. The molecule has 3 nitrogen and oxygen atoms in total. The Morgan fingerprint density at radius 3 is 2.95 bits per heavy atom. The van der Waals surface area contributed by atoms with E-state index >= 15 is 0 Å². The molecule has 0 aliphatic heterocycles. The van der Waals surface area contributed by atoms with Crippen molar-refractivity contribution in [2.24, 2.45) is 5.73 Å². The minimum absolute atomic E-state index is 0.162. The van der Waals surface area contributed by atoms with E-state index in [1.807, 2.05) is 6.20 Å². The van der Waals surface area contributed by atoms with Gasteiger partial charge in [0.25, 0.3) is 0 Å². The van der Waals surface area contributed by atoms with Gasteiger partial charge in [0.15, 0.2) is 0 Å². The molecule has 1 heterocycles. The predicted molar refractivity (Wildman–Crippen MR) is 82.3 cm³/mol. The summed E-state index contributed by atoms with van der Waals surface area (Å²) < 4.78 is 16.1. The van der Waals surface area contributed by atoms with Crippen molar-refractivity contribution in [3.05, 3.63) is 51.4 Å². The summed E-state index contributed by atoms with van der Waals surface area (Å²) in [5, 5.41) is 0. The first kappa shape index (κ1) is 14.5. The molecule has 19 heavy (non-hydrogen) atoms. The highest BCUT2D eigenvalue weighted by molar-refractivity contribution is 14.1. The van der Waals surface area contributed by atoms with Crippen LogP contribution in [0.3, 0.4) is 0 Å². The topological polar surface area (TPSA) is 43.8 Å². The number of halogens is 2. The molecule has 2 aromatic rings. The maximum Gasteiger partial charge on any atom is 0.124 e. The number of benzene rings is 1. The molecular formula is C14H17FIN3. The van der Waals surface area contributed by atoms with Gasteiger partial charge in [-0.2, -0.15) is 0 Å². The molecule has 1 aromatic carbocycles. The summed E-state index contributed by atoms with van der Waals surface area (Å²) in [6.45, 7) is 3.08. The minimum atomic E-state index is -0.229. The lowest BCUT2D eigenvalue weighted by Crippen LogP contribution is -2.17. The van der Waals surface area contributed by atoms with E-state index in [4.69, 9.17) is 5.73 Å². The molecule has 1 aromatic heterocycles. The van der Waals surface area contributed by atoms with E-state index in [0.717, 1.165) is 27.9 Å². The first-order valence-electron chi connectivity index (χ1n) is 6.32. The molecule has 2 rings (SSSR count). The van der Waals surface area contributed by atoms with E-state index < -0.39 is 0 Å². The molecular weight excluding hydrogens is 356 g/mol. The van der Waals surface area contributed by atoms with Gasteiger partial charge in [0, 0.05) is 35.0 Å². The van der Waals surface area contributed by atoms with Gasteiger partial charge in [-0.05, 0) is 46.7 Å². The Kier molecular flexibility index (Phi) is 4.93. The van der Waals surface area contributed by atoms with Crippen LogP contribution >= 0.6 is 22.6 Å². The lowest BCUT2D eigenvalue weighted by Gasteiger charge is -2.15. The van der Waals surface area contributed by atoms with Crippen molar-refractivity contribution >= 4 is 22.6 Å². The first-order chi connectivity index (χ1) is 9.11. The van der Waals surface area contributed by atoms with Crippen LogP contribution in [0.4, 0.5) is 4.39 Å². The van der Waals surface area contributed by atoms with Gasteiger partial charge < -0.3 is 10.3 Å². The number of nitrogens with two attached hydrogens (primary N) is 1. The van der Waals surface area contributed by atoms with Crippen molar-refractivity contribution < 1.29 is 4.39 Å². The van der Waals surface area contributed by atoms with Crippen LogP contribution in [0.15, 0.2) is 30.6 Å². The van der Waals surface area contributed by atoms with Gasteiger partial charge in [-0.25, -0.2) is 9.37 Å². The van der Waals surface area contributed by atoms with Gasteiger partial charge in [-0.15, -0.1) is 0 Å². The molecule has 0 saturated carbocycles. The van der Waals surface area contributed by atoms with Crippen molar-refractivity contribution in [1.29, 1.82) is 0 Å². The van der Waals surface area contributed by atoms with E-state index in [0.29, 0.717) is 6.42 Å². The summed E-state index contributed by atoms with van der Waals surface area (Å²) in [7, 11) is 0. The molecule has 5 heteroatoms. The van der Waals surface area contributed by atoms with Gasteiger partial charge in [0.05, 0.1) is 0 Å². The lowest BCUT2D eigenvalue weighted by molar-refractivity contribution is 0.594. The quantitative estimate of drug-likeness (QED) is 0.818. The number of nitrogens with zero attached hydrogens (tertiary/aromatic N) is 2. The molecule has 0 aliphatic rings. The smallest absolute Gasteiger partial charge is 0.124 e. The first-order valence-corrected chi connectivity index (χ1v) is 7.40. The van der Waals surface area contributed by atoms with E-state index in [2.05, 4.69) is 39.1 Å². The maximum absolute atomic E-state index is 13.1. The Hall–Kier alpha value is -0.950.